The summed E-state index contributed by atoms with van der Waals surface area (Å²) in [4.78, 5) is 0. The summed E-state index contributed by atoms with van der Waals surface area (Å²) < 4.78 is 0. The summed E-state index contributed by atoms with van der Waals surface area (Å²) in [5.74, 6) is 1.41. The number of hydrogen-bond donors (Lipinski definition) is 0. The Balaban J connectivity index is 3.28. The normalized spacial score (nSPS) is 10.8. The molecule has 0 atom stereocenters. The third-order valence-electron chi connectivity index (χ3n) is 2.18. The monoisotopic (exact) mass is 161 g/mol. The van der Waals surface area contributed by atoms with Gasteiger partial charge in [-0.1, -0.05) is 31.5 Å². The van der Waals surface area contributed by atoms with Crippen LogP contribution in [-0.2, 0) is 0 Å². The van der Waals surface area contributed by atoms with Crippen molar-refractivity contribution < 1.29 is 0 Å². The Hall–Kier alpha value is -0.780. The number of rotatable bonds is 1. The van der Waals surface area contributed by atoms with Gasteiger partial charge in [0.1, 0.15) is 0 Å². The van der Waals surface area contributed by atoms with Crippen LogP contribution in [0.3, 0.4) is 0 Å². The van der Waals surface area contributed by atoms with Crippen molar-refractivity contribution in [3.63, 3.8) is 0 Å². The molecule has 1 rings (SSSR count). The van der Waals surface area contributed by atoms with Gasteiger partial charge in [0.05, 0.1) is 0 Å². The molecule has 0 aliphatic heterocycles. The molecule has 0 fully saturated rings. The van der Waals surface area contributed by atoms with Crippen molar-refractivity contribution in [2.24, 2.45) is 0 Å². The standard InChI is InChI=1S/C12H17/c1-8(2)12-10(4)6-9(3)7-11(12)5/h6-7H,1-5H3. The predicted molar refractivity (Wildman–Crippen MR) is 54.3 cm³/mol. The van der Waals surface area contributed by atoms with Crippen molar-refractivity contribution >= 4 is 0 Å². The van der Waals surface area contributed by atoms with Crippen molar-refractivity contribution in [3.8, 4) is 0 Å². The van der Waals surface area contributed by atoms with E-state index in [1.54, 1.807) is 0 Å². The minimum Gasteiger partial charge on any atom is -0.0561 e. The molecule has 0 heterocycles. The van der Waals surface area contributed by atoms with Gasteiger partial charge < -0.3 is 0 Å². The van der Waals surface area contributed by atoms with Crippen LogP contribution in [0.15, 0.2) is 12.1 Å². The van der Waals surface area contributed by atoms with Gasteiger partial charge in [0.15, 0.2) is 0 Å². The molecule has 0 saturated carbocycles. The van der Waals surface area contributed by atoms with Crippen LogP contribution in [0.2, 0.25) is 0 Å². The summed E-state index contributed by atoms with van der Waals surface area (Å²) in [7, 11) is 0. The van der Waals surface area contributed by atoms with E-state index in [4.69, 9.17) is 0 Å². The lowest BCUT2D eigenvalue weighted by Gasteiger charge is -2.13. The van der Waals surface area contributed by atoms with E-state index in [-0.39, 0.29) is 0 Å². The molecule has 0 aromatic heterocycles. The van der Waals surface area contributed by atoms with E-state index >= 15 is 0 Å². The highest BCUT2D eigenvalue weighted by molar-refractivity contribution is 5.44. The van der Waals surface area contributed by atoms with Crippen LogP contribution in [0.4, 0.5) is 0 Å². The van der Waals surface area contributed by atoms with E-state index in [1.165, 1.54) is 28.2 Å². The first-order chi connectivity index (χ1) is 5.52. The van der Waals surface area contributed by atoms with Crippen LogP contribution in [0.25, 0.3) is 0 Å². The fourth-order valence-corrected chi connectivity index (χ4v) is 1.97. The lowest BCUT2D eigenvalue weighted by molar-refractivity contribution is 1.09. The van der Waals surface area contributed by atoms with Crippen LogP contribution in [0.1, 0.15) is 36.1 Å². The Morgan fingerprint density at radius 3 is 1.67 bits per heavy atom. The smallest absolute Gasteiger partial charge is 0.000661 e. The van der Waals surface area contributed by atoms with E-state index in [9.17, 15) is 0 Å². The Bertz CT molecular complexity index is 259. The quantitative estimate of drug-likeness (QED) is 0.590. The highest BCUT2D eigenvalue weighted by atomic mass is 14.1. The SMILES string of the molecule is C[C](C)c1c(C)cc(C)cc1C. The second-order valence-electron chi connectivity index (χ2n) is 3.77. The molecule has 1 radical (unpaired) electrons. The maximum absolute atomic E-state index is 2.25. The first-order valence-electron chi connectivity index (χ1n) is 4.40. The van der Waals surface area contributed by atoms with Gasteiger partial charge in [-0.05, 0) is 43.4 Å². The Morgan fingerprint density at radius 1 is 0.917 bits per heavy atom. The molecule has 0 spiro atoms. The molecule has 0 N–H and O–H groups in total. The fourth-order valence-electron chi connectivity index (χ4n) is 1.97. The summed E-state index contributed by atoms with van der Waals surface area (Å²) in [6, 6.07) is 4.49. The topological polar surface area (TPSA) is 0 Å². The van der Waals surface area contributed by atoms with Crippen molar-refractivity contribution in [2.75, 3.05) is 0 Å². The molecule has 12 heavy (non-hydrogen) atoms. The Labute approximate surface area is 75.6 Å². The predicted octanol–water partition coefficient (Wildman–Crippen LogP) is 3.57. The largest absolute Gasteiger partial charge is 0.0561 e. The number of aryl methyl sites for hydroxylation is 3. The summed E-state index contributed by atoms with van der Waals surface area (Å²) >= 11 is 0. The van der Waals surface area contributed by atoms with E-state index in [0.717, 1.165) is 0 Å². The average molecular weight is 161 g/mol. The molecule has 0 saturated heterocycles. The zero-order valence-corrected chi connectivity index (χ0v) is 8.65. The van der Waals surface area contributed by atoms with Gasteiger partial charge in [0.25, 0.3) is 0 Å². The van der Waals surface area contributed by atoms with Crippen LogP contribution in [0, 0.1) is 26.7 Å². The molecule has 0 aliphatic rings. The number of hydrogen-bond acceptors (Lipinski definition) is 0. The van der Waals surface area contributed by atoms with Gasteiger partial charge in [0, 0.05) is 0 Å². The van der Waals surface area contributed by atoms with E-state index in [0.29, 0.717) is 0 Å². The summed E-state index contributed by atoms with van der Waals surface area (Å²) in [5.41, 5.74) is 5.58. The van der Waals surface area contributed by atoms with Crippen LogP contribution in [0.5, 0.6) is 0 Å². The maximum Gasteiger partial charge on any atom is -0.000661 e. The van der Waals surface area contributed by atoms with E-state index < -0.39 is 0 Å². The highest BCUT2D eigenvalue weighted by Crippen LogP contribution is 2.23. The van der Waals surface area contributed by atoms with Gasteiger partial charge in [-0.3, -0.25) is 0 Å². The lowest BCUT2D eigenvalue weighted by atomic mass is 9.92. The minimum atomic E-state index is 1.36. The Kier molecular flexibility index (Phi) is 2.56. The summed E-state index contributed by atoms with van der Waals surface area (Å²) in [6.07, 6.45) is 0. The second-order valence-corrected chi connectivity index (χ2v) is 3.77. The average Bonchev–Trinajstić information content (AvgIpc) is 1.82. The van der Waals surface area contributed by atoms with Crippen LogP contribution < -0.4 is 0 Å². The van der Waals surface area contributed by atoms with Crippen LogP contribution in [-0.4, -0.2) is 0 Å². The van der Waals surface area contributed by atoms with Gasteiger partial charge in [0.2, 0.25) is 0 Å². The molecule has 0 heteroatoms. The van der Waals surface area contributed by atoms with Crippen molar-refractivity contribution in [3.05, 3.63) is 40.3 Å². The molecule has 1 aromatic rings. The third-order valence-corrected chi connectivity index (χ3v) is 2.18. The summed E-state index contributed by atoms with van der Waals surface area (Å²) in [6.45, 7) is 10.9. The maximum atomic E-state index is 2.25. The molecular weight excluding hydrogens is 144 g/mol. The molecule has 0 amide bonds. The molecule has 0 bridgehead atoms. The molecule has 65 valence electrons. The Morgan fingerprint density at radius 2 is 1.33 bits per heavy atom. The third kappa shape index (κ3) is 1.69. The minimum absolute atomic E-state index is 1.36. The van der Waals surface area contributed by atoms with Crippen molar-refractivity contribution in [1.82, 2.24) is 0 Å². The van der Waals surface area contributed by atoms with Gasteiger partial charge in [-0.2, -0.15) is 0 Å². The fraction of sp³-hybridized carbons (Fsp3) is 0.417. The first kappa shape index (κ1) is 9.31. The van der Waals surface area contributed by atoms with Crippen molar-refractivity contribution in [2.45, 2.75) is 34.6 Å². The highest BCUT2D eigenvalue weighted by Gasteiger charge is 2.07. The lowest BCUT2D eigenvalue weighted by Crippen LogP contribution is -1.97. The molecular formula is C12H17. The molecule has 0 nitrogen and oxygen atoms in total. The molecule has 0 aliphatic carbocycles. The zero-order valence-electron chi connectivity index (χ0n) is 8.65. The van der Waals surface area contributed by atoms with Crippen LogP contribution >= 0.6 is 0 Å². The molecule has 1 aromatic carbocycles. The van der Waals surface area contributed by atoms with Crippen molar-refractivity contribution in [1.29, 1.82) is 0 Å². The first-order valence-corrected chi connectivity index (χ1v) is 4.40. The van der Waals surface area contributed by atoms with Gasteiger partial charge >= 0.3 is 0 Å². The number of benzene rings is 1. The van der Waals surface area contributed by atoms with E-state index in [1.807, 2.05) is 0 Å². The molecule has 0 unspecified atom stereocenters. The van der Waals surface area contributed by atoms with E-state index in [2.05, 4.69) is 46.8 Å². The van der Waals surface area contributed by atoms with Gasteiger partial charge in [-0.15, -0.1) is 0 Å². The van der Waals surface area contributed by atoms with Gasteiger partial charge in [-0.25, -0.2) is 0 Å². The second kappa shape index (κ2) is 3.30. The summed E-state index contributed by atoms with van der Waals surface area (Å²) in [5, 5.41) is 0. The zero-order chi connectivity index (χ0) is 9.30.